The van der Waals surface area contributed by atoms with Crippen molar-refractivity contribution in [2.75, 3.05) is 19.6 Å². The SMILES string of the molecule is O=c1[nH]c2ccccc2n1CCCN1CCC(C(O)(c2ccccc2)c2ccccc2)CC1. The maximum atomic E-state index is 12.3. The molecule has 0 spiro atoms. The Morgan fingerprint density at radius 1 is 0.818 bits per heavy atom. The number of imidazole rings is 1. The van der Waals surface area contributed by atoms with Crippen LogP contribution in [-0.4, -0.2) is 39.2 Å². The summed E-state index contributed by atoms with van der Waals surface area (Å²) in [6.45, 7) is 3.57. The van der Waals surface area contributed by atoms with Crippen molar-refractivity contribution < 1.29 is 5.11 Å². The molecule has 1 saturated heterocycles. The average Bonchev–Trinajstić information content (AvgIpc) is 3.20. The van der Waals surface area contributed by atoms with Crippen LogP contribution in [-0.2, 0) is 12.1 Å². The molecule has 0 atom stereocenters. The fourth-order valence-corrected chi connectivity index (χ4v) is 5.38. The molecule has 170 valence electrons. The van der Waals surface area contributed by atoms with Crippen LogP contribution in [0, 0.1) is 5.92 Å². The molecule has 5 nitrogen and oxygen atoms in total. The summed E-state index contributed by atoms with van der Waals surface area (Å²) in [5, 5.41) is 12.0. The van der Waals surface area contributed by atoms with Crippen LogP contribution in [0.15, 0.2) is 89.7 Å². The van der Waals surface area contributed by atoms with Crippen molar-refractivity contribution in [2.24, 2.45) is 5.92 Å². The topological polar surface area (TPSA) is 61.3 Å². The molecule has 33 heavy (non-hydrogen) atoms. The van der Waals surface area contributed by atoms with E-state index in [0.29, 0.717) is 6.54 Å². The molecule has 0 bridgehead atoms. The van der Waals surface area contributed by atoms with Crippen molar-refractivity contribution in [2.45, 2.75) is 31.4 Å². The summed E-state index contributed by atoms with van der Waals surface area (Å²) in [6, 6.07) is 28.0. The Morgan fingerprint density at radius 3 is 2.03 bits per heavy atom. The Labute approximate surface area is 194 Å². The predicted octanol–water partition coefficient (Wildman–Crippen LogP) is 4.37. The largest absolute Gasteiger partial charge is 0.380 e. The third-order valence-electron chi connectivity index (χ3n) is 7.14. The van der Waals surface area contributed by atoms with E-state index in [1.54, 1.807) is 0 Å². The number of para-hydroxylation sites is 2. The number of H-pyrrole nitrogens is 1. The third-order valence-corrected chi connectivity index (χ3v) is 7.14. The first-order valence-corrected chi connectivity index (χ1v) is 11.9. The van der Waals surface area contributed by atoms with E-state index in [1.807, 2.05) is 89.5 Å². The number of aryl methyl sites for hydroxylation is 1. The van der Waals surface area contributed by atoms with Gasteiger partial charge in [-0.1, -0.05) is 72.8 Å². The van der Waals surface area contributed by atoms with Crippen LogP contribution in [0.1, 0.15) is 30.4 Å². The van der Waals surface area contributed by atoms with Gasteiger partial charge >= 0.3 is 5.69 Å². The molecule has 3 aromatic carbocycles. The number of aromatic amines is 1. The van der Waals surface area contributed by atoms with Gasteiger partial charge in [0.2, 0.25) is 0 Å². The highest BCUT2D eigenvalue weighted by molar-refractivity contribution is 5.74. The minimum Gasteiger partial charge on any atom is -0.380 e. The number of nitrogens with one attached hydrogen (secondary N) is 1. The number of piperidine rings is 1. The molecule has 0 amide bonds. The van der Waals surface area contributed by atoms with Gasteiger partial charge in [-0.2, -0.15) is 0 Å². The van der Waals surface area contributed by atoms with E-state index in [9.17, 15) is 9.90 Å². The molecular formula is C28H31N3O2. The van der Waals surface area contributed by atoms with Crippen LogP contribution in [0.5, 0.6) is 0 Å². The molecule has 5 heteroatoms. The molecule has 1 aliphatic rings. The molecule has 2 heterocycles. The smallest absolute Gasteiger partial charge is 0.326 e. The predicted molar refractivity (Wildman–Crippen MR) is 132 cm³/mol. The fraction of sp³-hybridized carbons (Fsp3) is 0.321. The van der Waals surface area contributed by atoms with Crippen LogP contribution in [0.4, 0.5) is 0 Å². The summed E-state index contributed by atoms with van der Waals surface area (Å²) in [4.78, 5) is 17.7. The van der Waals surface area contributed by atoms with Crippen molar-refractivity contribution in [3.63, 3.8) is 0 Å². The second kappa shape index (κ2) is 9.38. The second-order valence-electron chi connectivity index (χ2n) is 9.07. The highest BCUT2D eigenvalue weighted by atomic mass is 16.3. The van der Waals surface area contributed by atoms with Gasteiger partial charge in [0.25, 0.3) is 0 Å². The molecule has 1 aliphatic heterocycles. The fourth-order valence-electron chi connectivity index (χ4n) is 5.38. The first-order valence-electron chi connectivity index (χ1n) is 11.9. The highest BCUT2D eigenvalue weighted by Crippen LogP contribution is 2.41. The number of hydrogen-bond acceptors (Lipinski definition) is 3. The normalized spacial score (nSPS) is 15.8. The number of rotatable bonds is 7. The standard InChI is InChI=1S/C28H31N3O2/c32-27-29-25-14-7-8-15-26(25)31(27)19-9-18-30-20-16-24(17-21-30)28(33,22-10-3-1-4-11-22)23-12-5-2-6-13-23/h1-8,10-15,24,33H,9,16-21H2,(H,29,32). The van der Waals surface area contributed by atoms with Gasteiger partial charge in [-0.05, 0) is 68.1 Å². The summed E-state index contributed by atoms with van der Waals surface area (Å²) in [6.07, 6.45) is 2.80. The lowest BCUT2D eigenvalue weighted by Crippen LogP contribution is -2.44. The van der Waals surface area contributed by atoms with Gasteiger partial charge in [-0.15, -0.1) is 0 Å². The zero-order chi connectivity index (χ0) is 22.7. The quantitative estimate of drug-likeness (QED) is 0.448. The number of nitrogens with zero attached hydrogens (tertiary/aromatic N) is 2. The van der Waals surface area contributed by atoms with Gasteiger partial charge in [0, 0.05) is 6.54 Å². The van der Waals surface area contributed by atoms with E-state index in [0.717, 1.165) is 61.1 Å². The Morgan fingerprint density at radius 2 is 1.39 bits per heavy atom. The molecule has 0 saturated carbocycles. The van der Waals surface area contributed by atoms with Crippen LogP contribution < -0.4 is 5.69 Å². The number of aliphatic hydroxyl groups is 1. The lowest BCUT2D eigenvalue weighted by molar-refractivity contribution is -0.0143. The first kappa shape index (κ1) is 21.7. The molecule has 2 N–H and O–H groups in total. The van der Waals surface area contributed by atoms with Crippen molar-refractivity contribution >= 4 is 11.0 Å². The number of hydrogen-bond donors (Lipinski definition) is 2. The van der Waals surface area contributed by atoms with Crippen molar-refractivity contribution in [3.05, 3.63) is 107 Å². The second-order valence-corrected chi connectivity index (χ2v) is 9.07. The molecule has 1 fully saturated rings. The van der Waals surface area contributed by atoms with Crippen molar-refractivity contribution in [1.82, 2.24) is 14.5 Å². The summed E-state index contributed by atoms with van der Waals surface area (Å²) in [5.74, 6) is 0.162. The Balaban J connectivity index is 1.24. The van der Waals surface area contributed by atoms with Gasteiger partial charge in [-0.3, -0.25) is 4.57 Å². The molecule has 4 aromatic rings. The Bertz CT molecular complexity index is 1200. The summed E-state index contributed by atoms with van der Waals surface area (Å²) in [5.41, 5.74) is 2.78. The van der Waals surface area contributed by atoms with Crippen LogP contribution in [0.3, 0.4) is 0 Å². The Hall–Kier alpha value is -3.15. The van der Waals surface area contributed by atoms with E-state index in [2.05, 4.69) is 9.88 Å². The number of aromatic nitrogens is 2. The number of fused-ring (bicyclic) bond motifs is 1. The molecule has 5 rings (SSSR count). The summed E-state index contributed by atoms with van der Waals surface area (Å²) >= 11 is 0. The minimum atomic E-state index is -0.980. The van der Waals surface area contributed by atoms with Gasteiger partial charge in [0.1, 0.15) is 5.60 Å². The lowest BCUT2D eigenvalue weighted by Gasteiger charge is -2.42. The maximum Gasteiger partial charge on any atom is 0.326 e. The molecule has 0 aliphatic carbocycles. The van der Waals surface area contributed by atoms with E-state index in [4.69, 9.17) is 0 Å². The van der Waals surface area contributed by atoms with Crippen LogP contribution in [0.2, 0.25) is 0 Å². The van der Waals surface area contributed by atoms with Gasteiger partial charge in [0.15, 0.2) is 0 Å². The average molecular weight is 442 g/mol. The van der Waals surface area contributed by atoms with E-state index >= 15 is 0 Å². The zero-order valence-corrected chi connectivity index (χ0v) is 18.9. The van der Waals surface area contributed by atoms with Crippen LogP contribution >= 0.6 is 0 Å². The summed E-state index contributed by atoms with van der Waals surface area (Å²) in [7, 11) is 0. The van der Waals surface area contributed by atoms with Crippen LogP contribution in [0.25, 0.3) is 11.0 Å². The molecular weight excluding hydrogens is 410 g/mol. The summed E-state index contributed by atoms with van der Waals surface area (Å²) < 4.78 is 1.84. The first-order chi connectivity index (χ1) is 16.2. The van der Waals surface area contributed by atoms with E-state index in [-0.39, 0.29) is 11.6 Å². The van der Waals surface area contributed by atoms with E-state index < -0.39 is 5.60 Å². The van der Waals surface area contributed by atoms with Gasteiger partial charge in [0.05, 0.1) is 11.0 Å². The number of likely N-dealkylation sites (tertiary alicyclic amines) is 1. The Kier molecular flexibility index (Phi) is 6.16. The molecule has 1 aromatic heterocycles. The minimum absolute atomic E-state index is 0.0364. The van der Waals surface area contributed by atoms with E-state index in [1.165, 1.54) is 0 Å². The van der Waals surface area contributed by atoms with Gasteiger partial charge in [-0.25, -0.2) is 4.79 Å². The highest BCUT2D eigenvalue weighted by Gasteiger charge is 2.41. The number of benzene rings is 3. The zero-order valence-electron chi connectivity index (χ0n) is 18.9. The maximum absolute atomic E-state index is 12.3. The molecule has 0 radical (unpaired) electrons. The lowest BCUT2D eigenvalue weighted by atomic mass is 9.72. The van der Waals surface area contributed by atoms with Gasteiger partial charge < -0.3 is 15.0 Å². The monoisotopic (exact) mass is 441 g/mol. The third kappa shape index (κ3) is 4.26. The van der Waals surface area contributed by atoms with Crippen molar-refractivity contribution in [1.29, 1.82) is 0 Å². The van der Waals surface area contributed by atoms with Crippen molar-refractivity contribution in [3.8, 4) is 0 Å². The molecule has 0 unspecified atom stereocenters.